The van der Waals surface area contributed by atoms with Crippen LogP contribution < -0.4 is 0 Å². The molecule has 82 valence electrons. The van der Waals surface area contributed by atoms with Gasteiger partial charge in [-0.2, -0.15) is 15.0 Å². The van der Waals surface area contributed by atoms with Crippen LogP contribution in [0.25, 0.3) is 17.1 Å². The molecule has 0 saturated carbocycles. The second-order valence-corrected chi connectivity index (χ2v) is 3.94. The fourth-order valence-corrected chi connectivity index (χ4v) is 1.70. The average molecular weight is 236 g/mol. The third-order valence-corrected chi connectivity index (χ3v) is 2.32. The number of aromatic nitrogens is 3. The molecule has 5 heteroatoms. The Morgan fingerprint density at radius 1 is 1.56 bits per heavy atom. The number of fused-ring (bicyclic) bond motifs is 1. The minimum atomic E-state index is 0.00607. The van der Waals surface area contributed by atoms with Crippen molar-refractivity contribution in [2.45, 2.75) is 13.5 Å². The van der Waals surface area contributed by atoms with Gasteiger partial charge in [-0.1, -0.05) is 24.3 Å². The molecule has 0 radical (unpaired) electrons. The smallest absolute Gasteiger partial charge is 0.153 e. The molecular formula is C11H10ClN3O. The van der Waals surface area contributed by atoms with Crippen LogP contribution in [0.5, 0.6) is 0 Å². The Kier molecular flexibility index (Phi) is 2.75. The van der Waals surface area contributed by atoms with Gasteiger partial charge in [-0.25, -0.2) is 0 Å². The summed E-state index contributed by atoms with van der Waals surface area (Å²) in [5.41, 5.74) is 2.20. The SMILES string of the molecule is C=Cc1cc(Cl)cc2nn(CC(C)=O)nc12. The normalized spacial score (nSPS) is 10.6. The molecule has 0 amide bonds. The number of halogens is 1. The van der Waals surface area contributed by atoms with E-state index in [1.807, 2.05) is 0 Å². The zero-order valence-corrected chi connectivity index (χ0v) is 9.53. The minimum Gasteiger partial charge on any atom is -0.298 e. The van der Waals surface area contributed by atoms with Crippen molar-refractivity contribution in [3.05, 3.63) is 29.3 Å². The van der Waals surface area contributed by atoms with E-state index in [2.05, 4.69) is 16.8 Å². The van der Waals surface area contributed by atoms with Gasteiger partial charge in [0.2, 0.25) is 0 Å². The van der Waals surface area contributed by atoms with E-state index in [0.717, 1.165) is 5.56 Å². The fraction of sp³-hybridized carbons (Fsp3) is 0.182. The van der Waals surface area contributed by atoms with Crippen LogP contribution in [0.15, 0.2) is 18.7 Å². The molecule has 4 nitrogen and oxygen atoms in total. The van der Waals surface area contributed by atoms with Crippen molar-refractivity contribution in [2.24, 2.45) is 0 Å². The summed E-state index contributed by atoms with van der Waals surface area (Å²) in [5, 5.41) is 8.98. The summed E-state index contributed by atoms with van der Waals surface area (Å²) in [6.45, 7) is 5.35. The van der Waals surface area contributed by atoms with Crippen LogP contribution in [0.3, 0.4) is 0 Å². The van der Waals surface area contributed by atoms with Gasteiger partial charge in [0.1, 0.15) is 17.6 Å². The zero-order valence-electron chi connectivity index (χ0n) is 8.77. The van der Waals surface area contributed by atoms with Crippen molar-refractivity contribution in [2.75, 3.05) is 0 Å². The molecule has 0 unspecified atom stereocenters. The Morgan fingerprint density at radius 2 is 2.31 bits per heavy atom. The first-order chi connectivity index (χ1) is 7.60. The van der Waals surface area contributed by atoms with Gasteiger partial charge in [-0.05, 0) is 19.1 Å². The molecule has 1 aromatic carbocycles. The monoisotopic (exact) mass is 235 g/mol. The lowest BCUT2D eigenvalue weighted by molar-refractivity contribution is -0.117. The number of hydrogen-bond acceptors (Lipinski definition) is 3. The standard InChI is InChI=1S/C11H10ClN3O/c1-3-8-4-9(12)5-10-11(8)14-15(13-10)6-7(2)16/h3-5H,1,6H2,2H3. The molecule has 0 aliphatic heterocycles. The number of Topliss-reactive ketones (excluding diaryl/α,β-unsaturated/α-hetero) is 1. The van der Waals surface area contributed by atoms with E-state index >= 15 is 0 Å². The predicted molar refractivity (Wildman–Crippen MR) is 63.3 cm³/mol. The second kappa shape index (κ2) is 4.06. The van der Waals surface area contributed by atoms with Crippen LogP contribution in [-0.4, -0.2) is 20.8 Å². The summed E-state index contributed by atoms with van der Waals surface area (Å²) in [4.78, 5) is 12.3. The second-order valence-electron chi connectivity index (χ2n) is 3.50. The van der Waals surface area contributed by atoms with Crippen LogP contribution in [0.4, 0.5) is 0 Å². The molecule has 0 spiro atoms. The van der Waals surface area contributed by atoms with E-state index < -0.39 is 0 Å². The lowest BCUT2D eigenvalue weighted by Crippen LogP contribution is -2.09. The largest absolute Gasteiger partial charge is 0.298 e. The average Bonchev–Trinajstić information content (AvgIpc) is 2.57. The molecule has 2 aromatic rings. The van der Waals surface area contributed by atoms with E-state index in [-0.39, 0.29) is 12.3 Å². The Morgan fingerprint density at radius 3 is 2.94 bits per heavy atom. The molecule has 0 fully saturated rings. The molecular weight excluding hydrogens is 226 g/mol. The molecule has 0 saturated heterocycles. The van der Waals surface area contributed by atoms with E-state index in [1.165, 1.54) is 11.7 Å². The zero-order chi connectivity index (χ0) is 11.7. The number of hydrogen-bond donors (Lipinski definition) is 0. The van der Waals surface area contributed by atoms with Crippen molar-refractivity contribution >= 4 is 34.5 Å². The fourth-order valence-electron chi connectivity index (χ4n) is 1.48. The highest BCUT2D eigenvalue weighted by Gasteiger charge is 2.08. The molecule has 0 N–H and O–H groups in total. The van der Waals surface area contributed by atoms with Crippen LogP contribution in [0.1, 0.15) is 12.5 Å². The van der Waals surface area contributed by atoms with Gasteiger partial charge < -0.3 is 0 Å². The molecule has 1 heterocycles. The molecule has 16 heavy (non-hydrogen) atoms. The van der Waals surface area contributed by atoms with Crippen molar-refractivity contribution < 1.29 is 4.79 Å². The summed E-state index contributed by atoms with van der Waals surface area (Å²) in [6, 6.07) is 3.48. The maximum atomic E-state index is 11.0. The Balaban J connectivity index is 2.60. The van der Waals surface area contributed by atoms with Gasteiger partial charge in [-0.15, -0.1) is 0 Å². The summed E-state index contributed by atoms with van der Waals surface area (Å²) in [6.07, 6.45) is 1.67. The van der Waals surface area contributed by atoms with Gasteiger partial charge in [-0.3, -0.25) is 4.79 Å². The Labute approximate surface area is 97.5 Å². The van der Waals surface area contributed by atoms with Crippen LogP contribution in [0, 0.1) is 0 Å². The van der Waals surface area contributed by atoms with Gasteiger partial charge in [0.15, 0.2) is 5.78 Å². The topological polar surface area (TPSA) is 47.8 Å². The van der Waals surface area contributed by atoms with Gasteiger partial charge in [0.25, 0.3) is 0 Å². The quantitative estimate of drug-likeness (QED) is 0.820. The Hall–Kier alpha value is -1.68. The molecule has 0 aliphatic rings. The van der Waals surface area contributed by atoms with Gasteiger partial charge in [0.05, 0.1) is 0 Å². The van der Waals surface area contributed by atoms with Crippen molar-refractivity contribution in [3.63, 3.8) is 0 Å². The van der Waals surface area contributed by atoms with Crippen LogP contribution >= 0.6 is 11.6 Å². The first-order valence-corrected chi connectivity index (χ1v) is 5.14. The van der Waals surface area contributed by atoms with Crippen LogP contribution in [0.2, 0.25) is 5.02 Å². The molecule has 0 bridgehead atoms. The number of ketones is 1. The number of carbonyl (C=O) groups excluding carboxylic acids is 1. The van der Waals surface area contributed by atoms with Gasteiger partial charge in [0, 0.05) is 10.6 Å². The minimum absolute atomic E-state index is 0.00607. The highest BCUT2D eigenvalue weighted by Crippen LogP contribution is 2.21. The predicted octanol–water partition coefficient (Wildman–Crippen LogP) is 2.32. The molecule has 0 aliphatic carbocycles. The van der Waals surface area contributed by atoms with Crippen molar-refractivity contribution in [3.8, 4) is 0 Å². The maximum Gasteiger partial charge on any atom is 0.153 e. The number of nitrogens with zero attached hydrogens (tertiary/aromatic N) is 3. The lowest BCUT2D eigenvalue weighted by Gasteiger charge is -1.94. The third-order valence-electron chi connectivity index (χ3n) is 2.11. The Bertz CT molecular complexity index is 574. The van der Waals surface area contributed by atoms with E-state index in [0.29, 0.717) is 16.1 Å². The van der Waals surface area contributed by atoms with E-state index in [1.54, 1.807) is 18.2 Å². The maximum absolute atomic E-state index is 11.0. The first kappa shape index (κ1) is 10.8. The summed E-state index contributed by atoms with van der Waals surface area (Å²) < 4.78 is 0. The van der Waals surface area contributed by atoms with Crippen molar-refractivity contribution in [1.82, 2.24) is 15.0 Å². The van der Waals surface area contributed by atoms with E-state index in [4.69, 9.17) is 11.6 Å². The highest BCUT2D eigenvalue weighted by atomic mass is 35.5. The number of rotatable bonds is 3. The highest BCUT2D eigenvalue weighted by molar-refractivity contribution is 6.31. The molecule has 2 rings (SSSR count). The lowest BCUT2D eigenvalue weighted by atomic mass is 10.2. The van der Waals surface area contributed by atoms with Crippen molar-refractivity contribution in [1.29, 1.82) is 0 Å². The summed E-state index contributed by atoms with van der Waals surface area (Å²) >= 11 is 5.93. The third kappa shape index (κ3) is 1.97. The summed E-state index contributed by atoms with van der Waals surface area (Å²) in [5.74, 6) is 0.00607. The van der Waals surface area contributed by atoms with E-state index in [9.17, 15) is 4.79 Å². The number of benzene rings is 1. The molecule has 0 atom stereocenters. The molecule has 1 aromatic heterocycles. The number of carbonyl (C=O) groups is 1. The first-order valence-electron chi connectivity index (χ1n) is 4.76. The summed E-state index contributed by atoms with van der Waals surface area (Å²) in [7, 11) is 0. The van der Waals surface area contributed by atoms with Crippen LogP contribution in [-0.2, 0) is 11.3 Å². The van der Waals surface area contributed by atoms with Gasteiger partial charge >= 0.3 is 0 Å².